The zero-order valence-electron chi connectivity index (χ0n) is 8.87. The van der Waals surface area contributed by atoms with E-state index < -0.39 is 17.6 Å². The van der Waals surface area contributed by atoms with E-state index in [1.165, 1.54) is 25.3 Å². The number of nitrogens with zero attached hydrogens (tertiary/aromatic N) is 1. The van der Waals surface area contributed by atoms with Crippen molar-refractivity contribution in [3.8, 4) is 0 Å². The lowest BCUT2D eigenvalue weighted by Gasteiger charge is -2.15. The number of hydrogen-bond acceptors (Lipinski definition) is 4. The summed E-state index contributed by atoms with van der Waals surface area (Å²) in [6.07, 6.45) is 2.87. The highest BCUT2D eigenvalue weighted by atomic mass is 32.2. The van der Waals surface area contributed by atoms with Crippen molar-refractivity contribution in [1.29, 1.82) is 0 Å². The number of hydrogen-bond donors (Lipinski definition) is 0. The molecular weight excluding hydrogens is 236 g/mol. The molecule has 0 unspecified atom stereocenters. The molecule has 0 saturated heterocycles. The molecule has 1 heterocycles. The Hall–Kier alpha value is -1.17. The fourth-order valence-electron chi connectivity index (χ4n) is 1.11. The quantitative estimate of drug-likeness (QED) is 0.605. The van der Waals surface area contributed by atoms with Crippen LogP contribution in [0.4, 0.5) is 8.78 Å². The van der Waals surface area contributed by atoms with E-state index in [2.05, 4.69) is 9.72 Å². The molecule has 0 fully saturated rings. The van der Waals surface area contributed by atoms with Gasteiger partial charge in [-0.2, -0.15) is 8.78 Å². The summed E-state index contributed by atoms with van der Waals surface area (Å²) in [7, 11) is 0. The van der Waals surface area contributed by atoms with E-state index in [0.717, 1.165) is 11.8 Å². The van der Waals surface area contributed by atoms with Gasteiger partial charge in [0.15, 0.2) is 0 Å². The minimum Gasteiger partial charge on any atom is -0.461 e. The Bertz CT molecular complexity index is 385. The summed E-state index contributed by atoms with van der Waals surface area (Å²) in [4.78, 5) is 14.9. The number of ether oxygens (including phenoxy) is 1. The average molecular weight is 247 g/mol. The van der Waals surface area contributed by atoms with Gasteiger partial charge in [-0.1, -0.05) is 0 Å². The third-order valence-electron chi connectivity index (χ3n) is 1.82. The molecule has 1 aromatic rings. The number of rotatable bonds is 4. The van der Waals surface area contributed by atoms with Crippen LogP contribution < -0.4 is 0 Å². The van der Waals surface area contributed by atoms with E-state index in [1.54, 1.807) is 6.26 Å². The average Bonchev–Trinajstić information content (AvgIpc) is 2.29. The summed E-state index contributed by atoms with van der Waals surface area (Å²) in [5, 5.41) is 0. The number of thioether (sulfide) groups is 1. The predicted molar refractivity (Wildman–Crippen MR) is 56.5 cm³/mol. The Morgan fingerprint density at radius 3 is 2.88 bits per heavy atom. The summed E-state index contributed by atoms with van der Waals surface area (Å²) >= 11 is 1.11. The van der Waals surface area contributed by atoms with Crippen molar-refractivity contribution in [3.63, 3.8) is 0 Å². The van der Waals surface area contributed by atoms with Gasteiger partial charge in [0.1, 0.15) is 5.69 Å². The van der Waals surface area contributed by atoms with Crippen molar-refractivity contribution in [3.05, 3.63) is 24.0 Å². The van der Waals surface area contributed by atoms with Crippen molar-refractivity contribution >= 4 is 17.7 Å². The van der Waals surface area contributed by atoms with Crippen molar-refractivity contribution in [2.24, 2.45) is 0 Å². The molecular formula is C10H11F2NO2S. The monoisotopic (exact) mass is 247 g/mol. The van der Waals surface area contributed by atoms with Crippen LogP contribution in [0.25, 0.3) is 0 Å². The standard InChI is InChI=1S/C10H11F2NO2S/c1-3-15-9(14)10(11,12)8-7(16-2)5-4-6-13-8/h4-6H,3H2,1-2H3. The minimum atomic E-state index is -3.70. The molecule has 0 atom stereocenters. The summed E-state index contributed by atoms with van der Waals surface area (Å²) in [6, 6.07) is 3.02. The van der Waals surface area contributed by atoms with Crippen LogP contribution in [0, 0.1) is 0 Å². The maximum atomic E-state index is 13.6. The van der Waals surface area contributed by atoms with Crippen LogP contribution in [0.15, 0.2) is 23.2 Å². The first-order valence-corrected chi connectivity index (χ1v) is 5.81. The van der Waals surface area contributed by atoms with Crippen LogP contribution in [0.5, 0.6) is 0 Å². The Labute approximate surface area is 96.2 Å². The van der Waals surface area contributed by atoms with E-state index >= 15 is 0 Å². The van der Waals surface area contributed by atoms with Crippen molar-refractivity contribution in [1.82, 2.24) is 4.98 Å². The molecule has 0 aliphatic carbocycles. The van der Waals surface area contributed by atoms with Gasteiger partial charge in [-0.15, -0.1) is 11.8 Å². The highest BCUT2D eigenvalue weighted by molar-refractivity contribution is 7.98. The molecule has 1 rings (SSSR count). The lowest BCUT2D eigenvalue weighted by molar-refractivity contribution is -0.174. The minimum absolute atomic E-state index is 0.0874. The molecule has 0 radical (unpaired) electrons. The molecule has 0 N–H and O–H groups in total. The fourth-order valence-corrected chi connectivity index (χ4v) is 1.70. The predicted octanol–water partition coefficient (Wildman–Crippen LogP) is 2.46. The molecule has 3 nitrogen and oxygen atoms in total. The zero-order valence-corrected chi connectivity index (χ0v) is 9.68. The van der Waals surface area contributed by atoms with Gasteiger partial charge >= 0.3 is 11.9 Å². The molecule has 6 heteroatoms. The van der Waals surface area contributed by atoms with Gasteiger partial charge in [0.25, 0.3) is 0 Å². The normalized spacial score (nSPS) is 11.2. The fraction of sp³-hybridized carbons (Fsp3) is 0.400. The summed E-state index contributed by atoms with van der Waals surface area (Å²) in [6.45, 7) is 1.39. The topological polar surface area (TPSA) is 39.2 Å². The van der Waals surface area contributed by atoms with Crippen molar-refractivity contribution in [2.45, 2.75) is 17.7 Å². The van der Waals surface area contributed by atoms with Gasteiger partial charge in [-0.25, -0.2) is 4.79 Å². The molecule has 16 heavy (non-hydrogen) atoms. The number of esters is 1. The number of carbonyl (C=O) groups is 1. The van der Waals surface area contributed by atoms with Gasteiger partial charge in [0, 0.05) is 11.1 Å². The highest BCUT2D eigenvalue weighted by Gasteiger charge is 2.45. The Morgan fingerprint density at radius 2 is 2.31 bits per heavy atom. The first-order chi connectivity index (χ1) is 7.54. The molecule has 0 bridgehead atoms. The molecule has 0 aliphatic heterocycles. The second-order valence-electron chi connectivity index (χ2n) is 2.85. The van der Waals surface area contributed by atoms with Crippen molar-refractivity contribution in [2.75, 3.05) is 12.9 Å². The number of alkyl halides is 2. The second kappa shape index (κ2) is 5.25. The second-order valence-corrected chi connectivity index (χ2v) is 3.70. The van der Waals surface area contributed by atoms with E-state index in [9.17, 15) is 13.6 Å². The number of carbonyl (C=O) groups excluding carboxylic acids is 1. The SMILES string of the molecule is CCOC(=O)C(F)(F)c1ncccc1SC. The zero-order chi connectivity index (χ0) is 12.2. The number of pyridine rings is 1. The first kappa shape index (κ1) is 12.9. The maximum Gasteiger partial charge on any atom is 0.385 e. The van der Waals surface area contributed by atoms with Gasteiger partial charge in [-0.3, -0.25) is 4.98 Å². The molecule has 0 saturated carbocycles. The highest BCUT2D eigenvalue weighted by Crippen LogP contribution is 2.33. The van der Waals surface area contributed by atoms with Gasteiger partial charge in [0.05, 0.1) is 6.61 Å². The van der Waals surface area contributed by atoms with Crippen LogP contribution in [-0.4, -0.2) is 23.8 Å². The van der Waals surface area contributed by atoms with E-state index in [4.69, 9.17) is 0 Å². The largest absolute Gasteiger partial charge is 0.461 e. The summed E-state index contributed by atoms with van der Waals surface area (Å²) in [5.74, 6) is -5.26. The van der Waals surface area contributed by atoms with Crippen LogP contribution in [0.1, 0.15) is 12.6 Å². The molecule has 1 aromatic heterocycles. The smallest absolute Gasteiger partial charge is 0.385 e. The molecule has 0 aromatic carbocycles. The Balaban J connectivity index is 3.10. The van der Waals surface area contributed by atoms with Crippen molar-refractivity contribution < 1.29 is 18.3 Å². The van der Waals surface area contributed by atoms with Gasteiger partial charge < -0.3 is 4.74 Å². The molecule has 0 aliphatic rings. The summed E-state index contributed by atoms with van der Waals surface area (Å²) < 4.78 is 31.6. The van der Waals surface area contributed by atoms with Crippen LogP contribution in [0.3, 0.4) is 0 Å². The Kier molecular flexibility index (Phi) is 4.23. The maximum absolute atomic E-state index is 13.6. The lowest BCUT2D eigenvalue weighted by atomic mass is 10.2. The number of aromatic nitrogens is 1. The first-order valence-electron chi connectivity index (χ1n) is 4.58. The molecule has 88 valence electrons. The third kappa shape index (κ3) is 2.49. The van der Waals surface area contributed by atoms with Gasteiger partial charge in [-0.05, 0) is 25.3 Å². The van der Waals surface area contributed by atoms with E-state index in [0.29, 0.717) is 0 Å². The lowest BCUT2D eigenvalue weighted by Crippen LogP contribution is -2.30. The number of halogens is 2. The summed E-state index contributed by atoms with van der Waals surface area (Å²) in [5.41, 5.74) is -0.555. The molecule has 0 spiro atoms. The van der Waals surface area contributed by atoms with E-state index in [-0.39, 0.29) is 11.5 Å². The van der Waals surface area contributed by atoms with Gasteiger partial charge in [0.2, 0.25) is 0 Å². The van der Waals surface area contributed by atoms with Crippen LogP contribution >= 0.6 is 11.8 Å². The third-order valence-corrected chi connectivity index (χ3v) is 2.59. The van der Waals surface area contributed by atoms with Crippen LogP contribution in [0.2, 0.25) is 0 Å². The van der Waals surface area contributed by atoms with E-state index in [1.807, 2.05) is 0 Å². The Morgan fingerprint density at radius 1 is 1.62 bits per heavy atom. The molecule has 0 amide bonds. The van der Waals surface area contributed by atoms with Crippen LogP contribution in [-0.2, 0) is 15.5 Å².